The van der Waals surface area contributed by atoms with Crippen LogP contribution in [0.15, 0.2) is 76.9 Å². The molecule has 0 aliphatic heterocycles. The normalized spacial score (nSPS) is 13.9. The molecule has 2 aromatic carbocycles. The zero-order valence-electron chi connectivity index (χ0n) is 15.4. The molecule has 0 bridgehead atoms. The summed E-state index contributed by atoms with van der Waals surface area (Å²) in [6, 6.07) is 18.3. The van der Waals surface area contributed by atoms with Gasteiger partial charge in [-0.15, -0.1) is 0 Å². The zero-order chi connectivity index (χ0) is 18.9. The minimum Gasteiger partial charge on any atom is -0.330 e. The maximum absolute atomic E-state index is 13.0. The number of benzene rings is 2. The number of rotatable bonds is 6. The van der Waals surface area contributed by atoms with E-state index in [-0.39, 0.29) is 11.6 Å². The van der Waals surface area contributed by atoms with E-state index in [0.29, 0.717) is 11.1 Å². The maximum atomic E-state index is 13.0. The van der Waals surface area contributed by atoms with Crippen LogP contribution < -0.4 is 5.56 Å². The number of hydrogen-bond donors (Lipinski definition) is 0. The fourth-order valence-corrected chi connectivity index (χ4v) is 4.45. The van der Waals surface area contributed by atoms with Crippen molar-refractivity contribution in [3.63, 3.8) is 0 Å². The fraction of sp³-hybridized carbons (Fsp3) is 0.227. The molecule has 28 heavy (non-hydrogen) atoms. The van der Waals surface area contributed by atoms with E-state index in [0.717, 1.165) is 35.9 Å². The average molecular weight is 388 g/mol. The molecule has 5 nitrogen and oxygen atoms in total. The van der Waals surface area contributed by atoms with Gasteiger partial charge in [-0.3, -0.25) is 9.36 Å². The van der Waals surface area contributed by atoms with Crippen molar-refractivity contribution in [2.24, 2.45) is 0 Å². The van der Waals surface area contributed by atoms with E-state index in [1.54, 1.807) is 11.8 Å². The van der Waals surface area contributed by atoms with Crippen molar-refractivity contribution in [2.45, 2.75) is 36.3 Å². The van der Waals surface area contributed by atoms with Crippen LogP contribution in [0.2, 0.25) is 0 Å². The highest BCUT2D eigenvalue weighted by Crippen LogP contribution is 2.37. The molecule has 2 aromatic heterocycles. The Morgan fingerprint density at radius 1 is 1.04 bits per heavy atom. The lowest BCUT2D eigenvalue weighted by molar-refractivity contribution is 0.617. The minimum atomic E-state index is 0.0724. The molecule has 0 unspecified atom stereocenters. The van der Waals surface area contributed by atoms with Gasteiger partial charge in [0.2, 0.25) is 0 Å². The Bertz CT molecular complexity index is 1180. The number of thioether (sulfide) groups is 1. The number of imidazole rings is 1. The van der Waals surface area contributed by atoms with E-state index >= 15 is 0 Å². The summed E-state index contributed by atoms with van der Waals surface area (Å²) < 4.78 is 4.04. The van der Waals surface area contributed by atoms with Crippen LogP contribution in [0.5, 0.6) is 0 Å². The lowest BCUT2D eigenvalue weighted by Gasteiger charge is -2.13. The predicted molar refractivity (Wildman–Crippen MR) is 112 cm³/mol. The molecule has 0 spiro atoms. The lowest BCUT2D eigenvalue weighted by atomic mass is 10.2. The Labute approximate surface area is 167 Å². The third-order valence-electron chi connectivity index (χ3n) is 5.02. The van der Waals surface area contributed by atoms with Crippen LogP contribution in [0.1, 0.15) is 30.3 Å². The Kier molecular flexibility index (Phi) is 4.49. The molecule has 0 amide bonds. The van der Waals surface area contributed by atoms with Gasteiger partial charge in [0, 0.05) is 25.0 Å². The molecule has 1 aliphatic carbocycles. The molecule has 0 radical (unpaired) electrons. The van der Waals surface area contributed by atoms with E-state index in [2.05, 4.69) is 21.7 Å². The molecule has 2 heterocycles. The molecular weight excluding hydrogens is 368 g/mol. The summed E-state index contributed by atoms with van der Waals surface area (Å²) in [7, 11) is 0. The molecular formula is C22H20N4OS. The SMILES string of the molecule is O=c1c2ccccc2nc(SCc2nccn2Cc2ccccc2)n1C1CC1. The van der Waals surface area contributed by atoms with Gasteiger partial charge in [0.15, 0.2) is 5.16 Å². The van der Waals surface area contributed by atoms with Gasteiger partial charge >= 0.3 is 0 Å². The smallest absolute Gasteiger partial charge is 0.262 e. The van der Waals surface area contributed by atoms with Gasteiger partial charge in [-0.2, -0.15) is 0 Å². The van der Waals surface area contributed by atoms with Gasteiger partial charge < -0.3 is 4.57 Å². The zero-order valence-corrected chi connectivity index (χ0v) is 16.2. The van der Waals surface area contributed by atoms with Gasteiger partial charge in [0.25, 0.3) is 5.56 Å². The van der Waals surface area contributed by atoms with Crippen LogP contribution >= 0.6 is 11.8 Å². The van der Waals surface area contributed by atoms with Crippen molar-refractivity contribution in [1.82, 2.24) is 19.1 Å². The van der Waals surface area contributed by atoms with Gasteiger partial charge in [-0.1, -0.05) is 54.2 Å². The quantitative estimate of drug-likeness (QED) is 0.366. The summed E-state index contributed by atoms with van der Waals surface area (Å²) >= 11 is 1.60. The summed E-state index contributed by atoms with van der Waals surface area (Å²) in [4.78, 5) is 22.3. The Morgan fingerprint density at radius 3 is 2.64 bits per heavy atom. The molecule has 0 N–H and O–H groups in total. The van der Waals surface area contributed by atoms with Gasteiger partial charge in [0.1, 0.15) is 5.82 Å². The minimum absolute atomic E-state index is 0.0724. The number of hydrogen-bond acceptors (Lipinski definition) is 4. The first-order valence-electron chi connectivity index (χ1n) is 9.47. The van der Waals surface area contributed by atoms with E-state index in [1.165, 1.54) is 5.56 Å². The third kappa shape index (κ3) is 3.36. The predicted octanol–water partition coefficient (Wildman–Crippen LogP) is 4.27. The van der Waals surface area contributed by atoms with Gasteiger partial charge in [-0.05, 0) is 30.5 Å². The molecule has 0 atom stereocenters. The largest absolute Gasteiger partial charge is 0.330 e. The lowest BCUT2D eigenvalue weighted by Crippen LogP contribution is -2.22. The van der Waals surface area contributed by atoms with Gasteiger partial charge in [-0.25, -0.2) is 9.97 Å². The monoisotopic (exact) mass is 388 g/mol. The second-order valence-electron chi connectivity index (χ2n) is 7.06. The highest BCUT2D eigenvalue weighted by atomic mass is 32.2. The molecule has 140 valence electrons. The number of fused-ring (bicyclic) bond motifs is 1. The highest BCUT2D eigenvalue weighted by Gasteiger charge is 2.28. The number of aromatic nitrogens is 4. The summed E-state index contributed by atoms with van der Waals surface area (Å²) in [5.41, 5.74) is 2.08. The first-order chi connectivity index (χ1) is 13.8. The molecule has 1 fully saturated rings. The van der Waals surface area contributed by atoms with E-state index in [1.807, 2.05) is 59.4 Å². The van der Waals surface area contributed by atoms with Gasteiger partial charge in [0.05, 0.1) is 16.7 Å². The van der Waals surface area contributed by atoms with E-state index in [9.17, 15) is 4.79 Å². The second-order valence-corrected chi connectivity index (χ2v) is 8.01. The first kappa shape index (κ1) is 17.3. The Balaban J connectivity index is 1.43. The molecule has 6 heteroatoms. The Hall–Kier alpha value is -2.86. The average Bonchev–Trinajstić information content (AvgIpc) is 3.47. The molecule has 5 rings (SSSR count). The van der Waals surface area contributed by atoms with Crippen molar-refractivity contribution in [1.29, 1.82) is 0 Å². The van der Waals surface area contributed by atoms with E-state index in [4.69, 9.17) is 4.98 Å². The molecule has 1 saturated carbocycles. The topological polar surface area (TPSA) is 52.7 Å². The number of nitrogens with zero attached hydrogens (tertiary/aromatic N) is 4. The first-order valence-corrected chi connectivity index (χ1v) is 10.5. The summed E-state index contributed by atoms with van der Waals surface area (Å²) in [6.07, 6.45) is 5.94. The molecule has 4 aromatic rings. The van der Waals surface area contributed by atoms with Crippen LogP contribution in [-0.4, -0.2) is 19.1 Å². The standard InChI is InChI=1S/C22H20N4OS/c27-21-18-8-4-5-9-19(18)24-22(26(21)17-10-11-17)28-15-20-23-12-13-25(20)14-16-6-2-1-3-7-16/h1-9,12-13,17H,10-11,14-15H2. The van der Waals surface area contributed by atoms with Crippen LogP contribution in [-0.2, 0) is 12.3 Å². The number of para-hydroxylation sites is 1. The Morgan fingerprint density at radius 2 is 1.82 bits per heavy atom. The van der Waals surface area contributed by atoms with Crippen LogP contribution in [0, 0.1) is 0 Å². The highest BCUT2D eigenvalue weighted by molar-refractivity contribution is 7.98. The second kappa shape index (κ2) is 7.28. The molecule has 1 aliphatic rings. The van der Waals surface area contributed by atoms with Crippen molar-refractivity contribution in [2.75, 3.05) is 0 Å². The summed E-state index contributed by atoms with van der Waals surface area (Å²) in [6.45, 7) is 0.789. The van der Waals surface area contributed by atoms with Crippen molar-refractivity contribution in [3.05, 3.63) is 88.7 Å². The van der Waals surface area contributed by atoms with Crippen LogP contribution in [0.3, 0.4) is 0 Å². The maximum Gasteiger partial charge on any atom is 0.262 e. The summed E-state index contributed by atoms with van der Waals surface area (Å²) in [5.74, 6) is 1.66. The third-order valence-corrected chi connectivity index (χ3v) is 5.96. The van der Waals surface area contributed by atoms with Crippen LogP contribution in [0.25, 0.3) is 10.9 Å². The summed E-state index contributed by atoms with van der Waals surface area (Å²) in [5, 5.41) is 1.49. The van der Waals surface area contributed by atoms with Crippen LogP contribution in [0.4, 0.5) is 0 Å². The van der Waals surface area contributed by atoms with Crippen molar-refractivity contribution >= 4 is 22.7 Å². The van der Waals surface area contributed by atoms with Crippen molar-refractivity contribution < 1.29 is 0 Å². The fourth-order valence-electron chi connectivity index (χ4n) is 3.42. The van der Waals surface area contributed by atoms with Crippen molar-refractivity contribution in [3.8, 4) is 0 Å². The molecule has 0 saturated heterocycles. The van der Waals surface area contributed by atoms with E-state index < -0.39 is 0 Å².